The highest BCUT2D eigenvalue weighted by molar-refractivity contribution is 5.33. The van der Waals surface area contributed by atoms with Crippen LogP contribution in [-0.4, -0.2) is 12.9 Å². The SMILES string of the molecule is CCC1(CNCc2ccccc2OC(F)(F)F)CCC1. The van der Waals surface area contributed by atoms with Crippen LogP contribution in [0.1, 0.15) is 38.2 Å². The van der Waals surface area contributed by atoms with Crippen molar-refractivity contribution in [1.29, 1.82) is 0 Å². The van der Waals surface area contributed by atoms with Crippen LogP contribution in [0, 0.1) is 5.41 Å². The average molecular weight is 287 g/mol. The highest BCUT2D eigenvalue weighted by Crippen LogP contribution is 2.43. The fraction of sp³-hybridized carbons (Fsp3) is 0.600. The summed E-state index contributed by atoms with van der Waals surface area (Å²) in [6, 6.07) is 6.28. The van der Waals surface area contributed by atoms with Crippen molar-refractivity contribution in [2.75, 3.05) is 6.54 Å². The molecular formula is C15H20F3NO. The first-order chi connectivity index (χ1) is 9.44. The zero-order valence-corrected chi connectivity index (χ0v) is 11.6. The topological polar surface area (TPSA) is 21.3 Å². The molecule has 1 aliphatic rings. The second kappa shape index (κ2) is 6.04. The van der Waals surface area contributed by atoms with Gasteiger partial charge in [0.2, 0.25) is 0 Å². The van der Waals surface area contributed by atoms with Crippen LogP contribution in [-0.2, 0) is 6.54 Å². The summed E-state index contributed by atoms with van der Waals surface area (Å²) in [7, 11) is 0. The molecule has 1 N–H and O–H groups in total. The molecule has 1 fully saturated rings. The lowest BCUT2D eigenvalue weighted by atomic mass is 9.67. The van der Waals surface area contributed by atoms with Crippen LogP contribution >= 0.6 is 0 Å². The third kappa shape index (κ3) is 3.88. The quantitative estimate of drug-likeness (QED) is 0.844. The second-order valence-electron chi connectivity index (χ2n) is 5.47. The van der Waals surface area contributed by atoms with E-state index in [1.54, 1.807) is 18.2 Å². The highest BCUT2D eigenvalue weighted by Gasteiger charge is 2.35. The Bertz CT molecular complexity index is 435. The van der Waals surface area contributed by atoms with Crippen LogP contribution in [0.15, 0.2) is 24.3 Å². The maximum Gasteiger partial charge on any atom is 0.573 e. The Labute approximate surface area is 117 Å². The summed E-state index contributed by atoms with van der Waals surface area (Å²) in [5, 5.41) is 3.27. The maximum absolute atomic E-state index is 12.3. The van der Waals surface area contributed by atoms with Gasteiger partial charge in [0, 0.05) is 18.7 Å². The van der Waals surface area contributed by atoms with E-state index in [0.29, 0.717) is 17.5 Å². The van der Waals surface area contributed by atoms with Crippen LogP contribution in [0.25, 0.3) is 0 Å². The molecule has 0 atom stereocenters. The molecular weight excluding hydrogens is 267 g/mol. The van der Waals surface area contributed by atoms with Crippen molar-refractivity contribution in [2.45, 2.75) is 45.5 Å². The Morgan fingerprint density at radius 3 is 2.50 bits per heavy atom. The molecule has 0 aromatic heterocycles. The Morgan fingerprint density at radius 1 is 1.25 bits per heavy atom. The van der Waals surface area contributed by atoms with E-state index >= 15 is 0 Å². The zero-order chi connectivity index (χ0) is 14.6. The number of rotatable bonds is 6. The first kappa shape index (κ1) is 15.2. The number of alkyl halides is 3. The average Bonchev–Trinajstić information content (AvgIpc) is 2.33. The van der Waals surface area contributed by atoms with E-state index < -0.39 is 6.36 Å². The normalized spacial score (nSPS) is 17.6. The molecule has 0 radical (unpaired) electrons. The predicted molar refractivity (Wildman–Crippen MR) is 71.4 cm³/mol. The first-order valence-electron chi connectivity index (χ1n) is 6.98. The Kier molecular flexibility index (Phi) is 4.58. The summed E-state index contributed by atoms with van der Waals surface area (Å²) < 4.78 is 41.0. The Balaban J connectivity index is 1.92. The van der Waals surface area contributed by atoms with E-state index in [1.807, 2.05) is 0 Å². The lowest BCUT2D eigenvalue weighted by Crippen LogP contribution is -2.39. The molecule has 2 nitrogen and oxygen atoms in total. The number of hydrogen-bond acceptors (Lipinski definition) is 2. The van der Waals surface area contributed by atoms with Gasteiger partial charge >= 0.3 is 6.36 Å². The van der Waals surface area contributed by atoms with Crippen molar-refractivity contribution >= 4 is 0 Å². The Morgan fingerprint density at radius 2 is 1.95 bits per heavy atom. The van der Waals surface area contributed by atoms with Gasteiger partial charge in [0.05, 0.1) is 0 Å². The molecule has 1 saturated carbocycles. The van der Waals surface area contributed by atoms with Crippen LogP contribution in [0.4, 0.5) is 13.2 Å². The molecule has 20 heavy (non-hydrogen) atoms. The van der Waals surface area contributed by atoms with Crippen molar-refractivity contribution < 1.29 is 17.9 Å². The van der Waals surface area contributed by atoms with Gasteiger partial charge in [-0.25, -0.2) is 0 Å². The zero-order valence-electron chi connectivity index (χ0n) is 11.6. The molecule has 5 heteroatoms. The van der Waals surface area contributed by atoms with Crippen LogP contribution in [0.3, 0.4) is 0 Å². The lowest BCUT2D eigenvalue weighted by Gasteiger charge is -2.41. The standard InChI is InChI=1S/C15H20F3NO/c1-2-14(8-5-9-14)11-19-10-12-6-3-4-7-13(12)20-15(16,17)18/h3-4,6-7,19H,2,5,8-11H2,1H3. The number of ether oxygens (including phenoxy) is 1. The third-order valence-corrected chi connectivity index (χ3v) is 4.18. The van der Waals surface area contributed by atoms with E-state index in [4.69, 9.17) is 0 Å². The van der Waals surface area contributed by atoms with Gasteiger partial charge in [-0.15, -0.1) is 13.2 Å². The molecule has 0 saturated heterocycles. The Hall–Kier alpha value is -1.23. The van der Waals surface area contributed by atoms with E-state index in [0.717, 1.165) is 13.0 Å². The molecule has 1 aliphatic carbocycles. The lowest BCUT2D eigenvalue weighted by molar-refractivity contribution is -0.274. The molecule has 2 rings (SSSR count). The van der Waals surface area contributed by atoms with Gasteiger partial charge in [0.1, 0.15) is 5.75 Å². The van der Waals surface area contributed by atoms with Crippen LogP contribution < -0.4 is 10.1 Å². The van der Waals surface area contributed by atoms with Crippen molar-refractivity contribution in [3.05, 3.63) is 29.8 Å². The summed E-state index contributed by atoms with van der Waals surface area (Å²) in [4.78, 5) is 0. The van der Waals surface area contributed by atoms with Crippen molar-refractivity contribution in [1.82, 2.24) is 5.32 Å². The summed E-state index contributed by atoms with van der Waals surface area (Å²) in [5.74, 6) is -0.119. The van der Waals surface area contributed by atoms with Crippen molar-refractivity contribution in [3.8, 4) is 5.75 Å². The molecule has 1 aromatic rings. The number of halogens is 3. The molecule has 0 amide bonds. The van der Waals surface area contributed by atoms with E-state index in [9.17, 15) is 13.2 Å². The van der Waals surface area contributed by atoms with E-state index in [-0.39, 0.29) is 5.75 Å². The molecule has 0 aliphatic heterocycles. The fourth-order valence-electron chi connectivity index (χ4n) is 2.67. The van der Waals surface area contributed by atoms with Gasteiger partial charge in [-0.1, -0.05) is 31.5 Å². The number of para-hydroxylation sites is 1. The van der Waals surface area contributed by atoms with E-state index in [1.165, 1.54) is 25.3 Å². The number of benzene rings is 1. The minimum atomic E-state index is -4.64. The van der Waals surface area contributed by atoms with E-state index in [2.05, 4.69) is 17.0 Å². The maximum atomic E-state index is 12.3. The fourth-order valence-corrected chi connectivity index (χ4v) is 2.67. The minimum absolute atomic E-state index is 0.119. The molecule has 0 spiro atoms. The number of nitrogens with one attached hydrogen (secondary N) is 1. The minimum Gasteiger partial charge on any atom is -0.405 e. The summed E-state index contributed by atoms with van der Waals surface area (Å²) in [6.45, 7) is 3.42. The third-order valence-electron chi connectivity index (χ3n) is 4.18. The van der Waals surface area contributed by atoms with Gasteiger partial charge < -0.3 is 10.1 Å². The van der Waals surface area contributed by atoms with Crippen molar-refractivity contribution in [3.63, 3.8) is 0 Å². The number of hydrogen-bond donors (Lipinski definition) is 1. The largest absolute Gasteiger partial charge is 0.573 e. The highest BCUT2D eigenvalue weighted by atomic mass is 19.4. The smallest absolute Gasteiger partial charge is 0.405 e. The summed E-state index contributed by atoms with van der Waals surface area (Å²) >= 11 is 0. The van der Waals surface area contributed by atoms with Gasteiger partial charge in [-0.3, -0.25) is 0 Å². The van der Waals surface area contributed by atoms with Crippen LogP contribution in [0.5, 0.6) is 5.75 Å². The van der Waals surface area contributed by atoms with Crippen LogP contribution in [0.2, 0.25) is 0 Å². The summed E-state index contributed by atoms with van der Waals surface area (Å²) in [5.41, 5.74) is 0.884. The van der Waals surface area contributed by atoms with Gasteiger partial charge in [-0.2, -0.15) is 0 Å². The second-order valence-corrected chi connectivity index (χ2v) is 5.47. The molecule has 1 aromatic carbocycles. The molecule has 0 unspecified atom stereocenters. The van der Waals surface area contributed by atoms with Gasteiger partial charge in [0.15, 0.2) is 0 Å². The molecule has 0 heterocycles. The summed E-state index contributed by atoms with van der Waals surface area (Å²) in [6.07, 6.45) is 0.132. The monoisotopic (exact) mass is 287 g/mol. The molecule has 112 valence electrons. The van der Waals surface area contributed by atoms with Gasteiger partial charge in [0.25, 0.3) is 0 Å². The predicted octanol–water partition coefficient (Wildman–Crippen LogP) is 4.26. The van der Waals surface area contributed by atoms with Crippen molar-refractivity contribution in [2.24, 2.45) is 5.41 Å². The van der Waals surface area contributed by atoms with Gasteiger partial charge in [-0.05, 0) is 30.7 Å². The first-order valence-corrected chi connectivity index (χ1v) is 6.98. The molecule has 0 bridgehead atoms.